The molecule has 0 aromatic heterocycles. The third-order valence-electron chi connectivity index (χ3n) is 3.33. The Kier molecular flexibility index (Phi) is 6.95. The molecule has 0 aliphatic rings. The number of nitrogens with zero attached hydrogens (tertiary/aromatic N) is 1. The van der Waals surface area contributed by atoms with Crippen molar-refractivity contribution < 1.29 is 24.2 Å². The second kappa shape index (κ2) is 8.47. The zero-order valence-corrected chi connectivity index (χ0v) is 14.7. The fourth-order valence-electron chi connectivity index (χ4n) is 2.03. The van der Waals surface area contributed by atoms with E-state index in [2.05, 4.69) is 0 Å². The molecule has 1 aromatic carbocycles. The van der Waals surface area contributed by atoms with Gasteiger partial charge in [-0.3, -0.25) is 9.59 Å². The Morgan fingerprint density at radius 2 is 1.67 bits per heavy atom. The first-order valence-corrected chi connectivity index (χ1v) is 7.86. The number of aryl methyl sites for hydroxylation is 1. The summed E-state index contributed by atoms with van der Waals surface area (Å²) in [5, 5.41) is 8.84. The molecule has 1 aromatic rings. The number of rotatable bonds is 7. The molecule has 0 atom stereocenters. The first kappa shape index (κ1) is 19.7. The number of hydrogen-bond donors (Lipinski definition) is 1. The van der Waals surface area contributed by atoms with E-state index in [-0.39, 0.29) is 23.9 Å². The van der Waals surface area contributed by atoms with Crippen LogP contribution < -0.4 is 0 Å². The van der Waals surface area contributed by atoms with E-state index in [1.54, 1.807) is 40.0 Å². The monoisotopic (exact) mass is 335 g/mol. The lowest BCUT2D eigenvalue weighted by molar-refractivity contribution is -0.155. The molecule has 0 bridgehead atoms. The summed E-state index contributed by atoms with van der Waals surface area (Å²) in [6.07, 6.45) is 0.986. The van der Waals surface area contributed by atoms with Gasteiger partial charge < -0.3 is 14.7 Å². The number of carboxylic acid groups (broad SMARTS) is 1. The molecule has 24 heavy (non-hydrogen) atoms. The van der Waals surface area contributed by atoms with E-state index in [0.29, 0.717) is 19.4 Å². The molecule has 0 saturated heterocycles. The van der Waals surface area contributed by atoms with Gasteiger partial charge >= 0.3 is 11.9 Å². The van der Waals surface area contributed by atoms with Crippen molar-refractivity contribution in [2.24, 2.45) is 0 Å². The van der Waals surface area contributed by atoms with Gasteiger partial charge in [-0.25, -0.2) is 4.79 Å². The van der Waals surface area contributed by atoms with Crippen molar-refractivity contribution in [3.63, 3.8) is 0 Å². The smallest absolute Gasteiger partial charge is 0.335 e. The molecule has 6 heteroatoms. The van der Waals surface area contributed by atoms with Crippen LogP contribution in [0, 0.1) is 0 Å². The van der Waals surface area contributed by atoms with Gasteiger partial charge in [0.15, 0.2) is 0 Å². The number of carbonyl (C=O) groups excluding carboxylic acids is 2. The average Bonchev–Trinajstić information content (AvgIpc) is 2.48. The number of carbonyl (C=O) groups is 3. The quantitative estimate of drug-likeness (QED) is 0.774. The van der Waals surface area contributed by atoms with E-state index in [1.807, 2.05) is 0 Å². The van der Waals surface area contributed by atoms with Gasteiger partial charge in [0.25, 0.3) is 0 Å². The number of aromatic carboxylic acids is 1. The van der Waals surface area contributed by atoms with Gasteiger partial charge in [-0.05, 0) is 44.9 Å². The summed E-state index contributed by atoms with van der Waals surface area (Å²) in [6.45, 7) is 5.71. The standard InChI is InChI=1S/C18H25NO5/c1-18(2,3)24-16(21)11-12-19(4)15(20)10-7-13-5-8-14(9-6-13)17(22)23/h5-6,8-9H,7,10-12H2,1-4H3,(H,22,23). The molecule has 0 aliphatic carbocycles. The van der Waals surface area contributed by atoms with Crippen molar-refractivity contribution in [3.05, 3.63) is 35.4 Å². The van der Waals surface area contributed by atoms with Gasteiger partial charge in [0, 0.05) is 20.0 Å². The highest BCUT2D eigenvalue weighted by Crippen LogP contribution is 2.10. The highest BCUT2D eigenvalue weighted by molar-refractivity contribution is 5.87. The molecule has 132 valence electrons. The normalized spacial score (nSPS) is 11.0. The van der Waals surface area contributed by atoms with Gasteiger partial charge in [0.05, 0.1) is 12.0 Å². The Morgan fingerprint density at radius 1 is 1.08 bits per heavy atom. The maximum atomic E-state index is 12.1. The molecule has 0 heterocycles. The van der Waals surface area contributed by atoms with Crippen LogP contribution in [0.5, 0.6) is 0 Å². The molecular formula is C18H25NO5. The average molecular weight is 335 g/mol. The van der Waals surface area contributed by atoms with Crippen molar-refractivity contribution in [2.75, 3.05) is 13.6 Å². The molecule has 0 radical (unpaired) electrons. The van der Waals surface area contributed by atoms with Crippen LogP contribution in [-0.4, -0.2) is 47.0 Å². The summed E-state index contributed by atoms with van der Waals surface area (Å²) in [4.78, 5) is 36.0. The van der Waals surface area contributed by atoms with Gasteiger partial charge in [0.2, 0.25) is 5.91 Å². The van der Waals surface area contributed by atoms with Gasteiger partial charge in [-0.1, -0.05) is 12.1 Å². The van der Waals surface area contributed by atoms with E-state index >= 15 is 0 Å². The maximum absolute atomic E-state index is 12.1. The summed E-state index contributed by atoms with van der Waals surface area (Å²) in [6, 6.07) is 6.46. The Bertz CT molecular complexity index is 586. The molecule has 0 aliphatic heterocycles. The number of amides is 1. The second-order valence-corrected chi connectivity index (χ2v) is 6.65. The Balaban J connectivity index is 2.39. The molecule has 1 amide bonds. The molecular weight excluding hydrogens is 310 g/mol. The van der Waals surface area contributed by atoms with Crippen LogP contribution in [0.25, 0.3) is 0 Å². The zero-order chi connectivity index (χ0) is 18.3. The van der Waals surface area contributed by atoms with Crippen LogP contribution in [0.4, 0.5) is 0 Å². The largest absolute Gasteiger partial charge is 0.478 e. The fourth-order valence-corrected chi connectivity index (χ4v) is 2.03. The fraction of sp³-hybridized carbons (Fsp3) is 0.500. The van der Waals surface area contributed by atoms with E-state index < -0.39 is 11.6 Å². The second-order valence-electron chi connectivity index (χ2n) is 6.65. The molecule has 0 spiro atoms. The lowest BCUT2D eigenvalue weighted by Gasteiger charge is -2.21. The van der Waals surface area contributed by atoms with Gasteiger partial charge in [0.1, 0.15) is 5.60 Å². The molecule has 1 rings (SSSR count). The van der Waals surface area contributed by atoms with Crippen molar-refractivity contribution >= 4 is 17.8 Å². The van der Waals surface area contributed by atoms with Crippen LogP contribution in [0.2, 0.25) is 0 Å². The van der Waals surface area contributed by atoms with Crippen molar-refractivity contribution in [3.8, 4) is 0 Å². The topological polar surface area (TPSA) is 83.9 Å². The lowest BCUT2D eigenvalue weighted by atomic mass is 10.1. The number of esters is 1. The van der Waals surface area contributed by atoms with Crippen LogP contribution in [0.15, 0.2) is 24.3 Å². The van der Waals surface area contributed by atoms with Gasteiger partial charge in [-0.2, -0.15) is 0 Å². The maximum Gasteiger partial charge on any atom is 0.335 e. The van der Waals surface area contributed by atoms with E-state index in [9.17, 15) is 14.4 Å². The minimum atomic E-state index is -0.973. The zero-order valence-electron chi connectivity index (χ0n) is 14.7. The summed E-state index contributed by atoms with van der Waals surface area (Å²) >= 11 is 0. The third kappa shape index (κ3) is 7.26. The van der Waals surface area contributed by atoms with Crippen LogP contribution in [0.1, 0.15) is 49.5 Å². The molecule has 0 unspecified atom stereocenters. The molecule has 1 N–H and O–H groups in total. The molecule has 0 saturated carbocycles. The highest BCUT2D eigenvalue weighted by atomic mass is 16.6. The summed E-state index contributed by atoms with van der Waals surface area (Å²) in [5.74, 6) is -1.37. The highest BCUT2D eigenvalue weighted by Gasteiger charge is 2.17. The predicted octanol–water partition coefficient (Wildman–Crippen LogP) is 2.51. The number of hydrogen-bond acceptors (Lipinski definition) is 4. The molecule has 0 fully saturated rings. The Morgan fingerprint density at radius 3 is 2.17 bits per heavy atom. The van der Waals surface area contributed by atoms with Crippen molar-refractivity contribution in [1.29, 1.82) is 0 Å². The first-order chi connectivity index (χ1) is 11.1. The molecule has 6 nitrogen and oxygen atoms in total. The predicted molar refractivity (Wildman–Crippen MR) is 89.8 cm³/mol. The Labute approximate surface area is 142 Å². The lowest BCUT2D eigenvalue weighted by Crippen LogP contribution is -2.31. The van der Waals surface area contributed by atoms with Crippen LogP contribution in [-0.2, 0) is 20.7 Å². The van der Waals surface area contributed by atoms with Crippen LogP contribution in [0.3, 0.4) is 0 Å². The first-order valence-electron chi connectivity index (χ1n) is 7.86. The van der Waals surface area contributed by atoms with Gasteiger partial charge in [-0.15, -0.1) is 0 Å². The summed E-state index contributed by atoms with van der Waals surface area (Å²) in [7, 11) is 1.65. The Hall–Kier alpha value is -2.37. The number of carboxylic acids is 1. The van der Waals surface area contributed by atoms with Crippen molar-refractivity contribution in [1.82, 2.24) is 4.90 Å². The van der Waals surface area contributed by atoms with Crippen LogP contribution >= 0.6 is 0 Å². The van der Waals surface area contributed by atoms with Crippen molar-refractivity contribution in [2.45, 2.75) is 45.6 Å². The van der Waals surface area contributed by atoms with E-state index in [1.165, 1.54) is 17.0 Å². The minimum absolute atomic E-state index is 0.0686. The minimum Gasteiger partial charge on any atom is -0.478 e. The number of benzene rings is 1. The number of ether oxygens (including phenoxy) is 1. The summed E-state index contributed by atoms with van der Waals surface area (Å²) in [5.41, 5.74) is 0.593. The SMILES string of the molecule is CN(CCC(=O)OC(C)(C)C)C(=O)CCc1ccc(C(=O)O)cc1. The third-order valence-corrected chi connectivity index (χ3v) is 3.33. The van der Waals surface area contributed by atoms with E-state index in [4.69, 9.17) is 9.84 Å². The summed E-state index contributed by atoms with van der Waals surface area (Å²) < 4.78 is 5.20. The van der Waals surface area contributed by atoms with E-state index in [0.717, 1.165) is 5.56 Å².